The van der Waals surface area contributed by atoms with Crippen LogP contribution in [0.15, 0.2) is 0 Å². The van der Waals surface area contributed by atoms with Gasteiger partial charge in [-0.3, -0.25) is 4.79 Å². The Bertz CT molecular complexity index is 152. The van der Waals surface area contributed by atoms with Crippen LogP contribution in [0.1, 0.15) is 20.8 Å². The van der Waals surface area contributed by atoms with Crippen LogP contribution >= 0.6 is 11.8 Å². The summed E-state index contributed by atoms with van der Waals surface area (Å²) in [6.07, 6.45) is 0. The summed E-state index contributed by atoms with van der Waals surface area (Å²) in [5.74, 6) is -0.194. The Morgan fingerprint density at radius 1 is 1.50 bits per heavy atom. The second kappa shape index (κ2) is 4.67. The molecular formula is C8H16ClNO2. The van der Waals surface area contributed by atoms with E-state index in [0.717, 1.165) is 0 Å². The van der Waals surface area contributed by atoms with Crippen LogP contribution in [0.2, 0.25) is 0 Å². The first-order chi connectivity index (χ1) is 5.34. The Hall–Kier alpha value is -0.280. The molecule has 0 atom stereocenters. The van der Waals surface area contributed by atoms with Crippen LogP contribution in [0.5, 0.6) is 0 Å². The van der Waals surface area contributed by atoms with Gasteiger partial charge in [-0.15, -0.1) is 0 Å². The molecule has 0 rings (SSSR count). The topological polar surface area (TPSA) is 29.5 Å². The van der Waals surface area contributed by atoms with Crippen molar-refractivity contribution < 1.29 is 9.53 Å². The molecule has 0 aromatic rings. The number of carbonyl (C=O) groups is 1. The number of halogens is 1. The van der Waals surface area contributed by atoms with E-state index in [1.807, 2.05) is 20.8 Å². The van der Waals surface area contributed by atoms with Crippen LogP contribution < -0.4 is 0 Å². The summed E-state index contributed by atoms with van der Waals surface area (Å²) in [7, 11) is 1.71. The van der Waals surface area contributed by atoms with Gasteiger partial charge < -0.3 is 4.74 Å². The fraction of sp³-hybridized carbons (Fsp3) is 0.875. The zero-order valence-electron chi connectivity index (χ0n) is 8.06. The van der Waals surface area contributed by atoms with Crippen molar-refractivity contribution in [2.45, 2.75) is 20.8 Å². The highest BCUT2D eigenvalue weighted by atomic mass is 35.5. The van der Waals surface area contributed by atoms with Crippen molar-refractivity contribution in [1.29, 1.82) is 0 Å². The molecule has 0 aromatic heterocycles. The molecule has 0 amide bonds. The molecule has 0 heterocycles. The molecule has 0 bridgehead atoms. The van der Waals surface area contributed by atoms with Gasteiger partial charge in [0.05, 0.1) is 5.41 Å². The van der Waals surface area contributed by atoms with E-state index >= 15 is 0 Å². The molecule has 0 spiro atoms. The van der Waals surface area contributed by atoms with E-state index < -0.39 is 5.41 Å². The van der Waals surface area contributed by atoms with Gasteiger partial charge >= 0.3 is 5.97 Å². The number of ether oxygens (including phenoxy) is 1. The summed E-state index contributed by atoms with van der Waals surface area (Å²) in [5, 5.41) is 0. The third kappa shape index (κ3) is 5.38. The normalized spacial score (nSPS) is 11.8. The minimum absolute atomic E-state index is 0.194. The first-order valence-electron chi connectivity index (χ1n) is 3.88. The molecule has 12 heavy (non-hydrogen) atoms. The second-order valence-corrected chi connectivity index (χ2v) is 4.29. The average Bonchev–Trinajstić information content (AvgIpc) is 1.84. The third-order valence-corrected chi connectivity index (χ3v) is 1.41. The molecule has 0 saturated carbocycles. The lowest BCUT2D eigenvalue weighted by atomic mass is 9.97. The van der Waals surface area contributed by atoms with Gasteiger partial charge in [0.2, 0.25) is 0 Å². The lowest BCUT2D eigenvalue weighted by Crippen LogP contribution is -2.25. The van der Waals surface area contributed by atoms with Crippen LogP contribution in [0.25, 0.3) is 0 Å². The van der Waals surface area contributed by atoms with Crippen molar-refractivity contribution in [2.24, 2.45) is 5.41 Å². The van der Waals surface area contributed by atoms with Gasteiger partial charge in [-0.05, 0) is 32.5 Å². The monoisotopic (exact) mass is 193 g/mol. The van der Waals surface area contributed by atoms with Gasteiger partial charge in [0.25, 0.3) is 0 Å². The smallest absolute Gasteiger partial charge is 0.311 e. The van der Waals surface area contributed by atoms with Gasteiger partial charge in [0.15, 0.2) is 0 Å². The molecule has 0 saturated heterocycles. The number of esters is 1. The fourth-order valence-corrected chi connectivity index (χ4v) is 0.550. The van der Waals surface area contributed by atoms with Crippen molar-refractivity contribution in [3.05, 3.63) is 0 Å². The Morgan fingerprint density at radius 2 is 2.00 bits per heavy atom. The van der Waals surface area contributed by atoms with E-state index in [0.29, 0.717) is 13.2 Å². The summed E-state index contributed by atoms with van der Waals surface area (Å²) < 4.78 is 6.41. The Balaban J connectivity index is 3.59. The first-order valence-corrected chi connectivity index (χ1v) is 4.22. The minimum atomic E-state index is -0.426. The summed E-state index contributed by atoms with van der Waals surface area (Å²) in [6.45, 7) is 6.35. The third-order valence-electron chi connectivity index (χ3n) is 1.24. The van der Waals surface area contributed by atoms with Crippen LogP contribution in [0.4, 0.5) is 0 Å². The number of likely N-dealkylation sites (N-methyl/N-ethyl adjacent to an activating group) is 1. The second-order valence-electron chi connectivity index (χ2n) is 3.71. The first kappa shape index (κ1) is 11.7. The highest BCUT2D eigenvalue weighted by Crippen LogP contribution is 2.14. The van der Waals surface area contributed by atoms with E-state index in [1.54, 1.807) is 7.05 Å². The van der Waals surface area contributed by atoms with Crippen molar-refractivity contribution in [3.63, 3.8) is 0 Å². The fourth-order valence-electron chi connectivity index (χ4n) is 0.481. The van der Waals surface area contributed by atoms with Crippen LogP contribution in [-0.4, -0.2) is 30.6 Å². The maximum absolute atomic E-state index is 11.2. The van der Waals surface area contributed by atoms with Gasteiger partial charge in [0, 0.05) is 13.6 Å². The largest absolute Gasteiger partial charge is 0.464 e. The Kier molecular flexibility index (Phi) is 4.57. The van der Waals surface area contributed by atoms with Crippen LogP contribution in [0.3, 0.4) is 0 Å². The average molecular weight is 194 g/mol. The van der Waals surface area contributed by atoms with E-state index in [-0.39, 0.29) is 5.97 Å². The lowest BCUT2D eigenvalue weighted by molar-refractivity contribution is -0.153. The van der Waals surface area contributed by atoms with Crippen molar-refractivity contribution in [1.82, 2.24) is 4.42 Å². The van der Waals surface area contributed by atoms with Gasteiger partial charge in [-0.1, -0.05) is 0 Å². The zero-order chi connectivity index (χ0) is 9.78. The van der Waals surface area contributed by atoms with E-state index in [4.69, 9.17) is 16.5 Å². The lowest BCUT2D eigenvalue weighted by Gasteiger charge is -2.17. The predicted molar refractivity (Wildman–Crippen MR) is 48.9 cm³/mol. The van der Waals surface area contributed by atoms with Gasteiger partial charge in [-0.2, -0.15) is 0 Å². The number of nitrogens with zero attached hydrogens (tertiary/aromatic N) is 1. The van der Waals surface area contributed by atoms with Gasteiger partial charge in [-0.25, -0.2) is 4.42 Å². The molecule has 0 aliphatic heterocycles. The quantitative estimate of drug-likeness (QED) is 0.505. The Labute approximate surface area is 78.7 Å². The zero-order valence-corrected chi connectivity index (χ0v) is 8.81. The van der Waals surface area contributed by atoms with Crippen molar-refractivity contribution in [2.75, 3.05) is 20.2 Å². The van der Waals surface area contributed by atoms with Crippen molar-refractivity contribution in [3.8, 4) is 0 Å². The molecule has 0 N–H and O–H groups in total. The molecule has 4 heteroatoms. The van der Waals surface area contributed by atoms with Crippen molar-refractivity contribution >= 4 is 17.7 Å². The maximum atomic E-state index is 11.2. The summed E-state index contributed by atoms with van der Waals surface area (Å²) >= 11 is 5.52. The van der Waals surface area contributed by atoms with Crippen LogP contribution in [-0.2, 0) is 9.53 Å². The number of carbonyl (C=O) groups excluding carboxylic acids is 1. The molecule has 0 unspecified atom stereocenters. The molecule has 0 radical (unpaired) electrons. The molecule has 3 nitrogen and oxygen atoms in total. The number of hydrogen-bond acceptors (Lipinski definition) is 3. The summed E-state index contributed by atoms with van der Waals surface area (Å²) in [6, 6.07) is 0. The van der Waals surface area contributed by atoms with E-state index in [1.165, 1.54) is 4.42 Å². The van der Waals surface area contributed by atoms with E-state index in [2.05, 4.69) is 0 Å². The standard InChI is InChI=1S/C8H16ClNO2/c1-8(2,3)7(11)12-6-5-10(4)9/h5-6H2,1-4H3. The molecule has 0 aliphatic rings. The number of hydrogen-bond donors (Lipinski definition) is 0. The molecular weight excluding hydrogens is 178 g/mol. The highest BCUT2D eigenvalue weighted by Gasteiger charge is 2.22. The highest BCUT2D eigenvalue weighted by molar-refractivity contribution is 6.13. The van der Waals surface area contributed by atoms with Crippen LogP contribution in [0, 0.1) is 5.41 Å². The molecule has 0 fully saturated rings. The van der Waals surface area contributed by atoms with Gasteiger partial charge in [0.1, 0.15) is 6.61 Å². The summed E-state index contributed by atoms with van der Waals surface area (Å²) in [5.41, 5.74) is -0.426. The maximum Gasteiger partial charge on any atom is 0.311 e. The SMILES string of the molecule is CN(Cl)CCOC(=O)C(C)(C)C. The molecule has 72 valence electrons. The molecule has 0 aromatic carbocycles. The Morgan fingerprint density at radius 3 is 2.33 bits per heavy atom. The predicted octanol–water partition coefficient (Wildman–Crippen LogP) is 1.66. The summed E-state index contributed by atoms with van der Waals surface area (Å²) in [4.78, 5) is 11.2. The minimum Gasteiger partial charge on any atom is -0.464 e. The van der Waals surface area contributed by atoms with E-state index in [9.17, 15) is 4.79 Å². The number of rotatable bonds is 3. The molecule has 0 aliphatic carbocycles.